The average molecular weight is 516 g/mol. The van der Waals surface area contributed by atoms with E-state index in [2.05, 4.69) is 20.2 Å². The summed E-state index contributed by atoms with van der Waals surface area (Å²) >= 11 is 19.4. The van der Waals surface area contributed by atoms with E-state index < -0.39 is 0 Å². The first-order chi connectivity index (χ1) is 16.6. The standard InChI is InChI=1S/C25H25Cl3N6/c26-18-5-2-1-4-17(18)14-30-25-31-15-21-23(33-25)34(13-10-16-8-11-29-12-9-16)24(32-21)22-19(27)6-3-7-20(22)28/h1-7,15-16,29H,8-14H2,(H,30,31,33). The van der Waals surface area contributed by atoms with Gasteiger partial charge in [0.1, 0.15) is 11.3 Å². The molecular weight excluding hydrogens is 491 g/mol. The number of rotatable bonds is 7. The summed E-state index contributed by atoms with van der Waals surface area (Å²) in [4.78, 5) is 14.2. The molecule has 0 saturated carbocycles. The first-order valence-electron chi connectivity index (χ1n) is 11.5. The van der Waals surface area contributed by atoms with Gasteiger partial charge in [-0.05, 0) is 62.0 Å². The highest BCUT2D eigenvalue weighted by Crippen LogP contribution is 2.36. The molecule has 0 radical (unpaired) electrons. The maximum Gasteiger partial charge on any atom is 0.225 e. The smallest absolute Gasteiger partial charge is 0.225 e. The van der Waals surface area contributed by atoms with Gasteiger partial charge in [-0.3, -0.25) is 0 Å². The van der Waals surface area contributed by atoms with Crippen LogP contribution in [0.1, 0.15) is 24.8 Å². The molecule has 176 valence electrons. The maximum atomic E-state index is 6.57. The Bertz CT molecular complexity index is 1280. The van der Waals surface area contributed by atoms with Crippen LogP contribution in [0.5, 0.6) is 0 Å². The van der Waals surface area contributed by atoms with Crippen LogP contribution >= 0.6 is 34.8 Å². The lowest BCUT2D eigenvalue weighted by atomic mass is 9.95. The zero-order valence-corrected chi connectivity index (χ0v) is 20.8. The second-order valence-electron chi connectivity index (χ2n) is 8.51. The quantitative estimate of drug-likeness (QED) is 0.296. The number of halogens is 3. The summed E-state index contributed by atoms with van der Waals surface area (Å²) in [6.07, 6.45) is 5.13. The van der Waals surface area contributed by atoms with Gasteiger partial charge in [0, 0.05) is 18.1 Å². The second-order valence-corrected chi connectivity index (χ2v) is 9.73. The summed E-state index contributed by atoms with van der Waals surface area (Å²) in [6, 6.07) is 13.2. The minimum Gasteiger partial charge on any atom is -0.350 e. The minimum atomic E-state index is 0.521. The number of hydrogen-bond acceptors (Lipinski definition) is 5. The Kier molecular flexibility index (Phi) is 7.21. The van der Waals surface area contributed by atoms with Gasteiger partial charge in [0.05, 0.1) is 21.8 Å². The van der Waals surface area contributed by atoms with E-state index in [1.807, 2.05) is 42.5 Å². The van der Waals surface area contributed by atoms with Crippen molar-refractivity contribution in [2.45, 2.75) is 32.4 Å². The van der Waals surface area contributed by atoms with E-state index in [0.29, 0.717) is 39.0 Å². The SMILES string of the molecule is Clc1ccccc1CNc1ncc2nc(-c3c(Cl)cccc3Cl)n(CCC3CCNCC3)c2n1. The first kappa shape index (κ1) is 23.4. The van der Waals surface area contributed by atoms with Crippen LogP contribution in [0.25, 0.3) is 22.6 Å². The van der Waals surface area contributed by atoms with Gasteiger partial charge in [0.2, 0.25) is 5.95 Å². The van der Waals surface area contributed by atoms with Crippen molar-refractivity contribution in [1.29, 1.82) is 0 Å². The molecule has 6 nitrogen and oxygen atoms in total. The summed E-state index contributed by atoms with van der Waals surface area (Å²) in [7, 11) is 0. The number of imidazole rings is 1. The van der Waals surface area contributed by atoms with Gasteiger partial charge in [0.25, 0.3) is 0 Å². The summed E-state index contributed by atoms with van der Waals surface area (Å²) in [6.45, 7) is 3.43. The largest absolute Gasteiger partial charge is 0.350 e. The van der Waals surface area contributed by atoms with Crippen LogP contribution in [0.3, 0.4) is 0 Å². The molecule has 0 spiro atoms. The van der Waals surface area contributed by atoms with E-state index in [0.717, 1.165) is 48.7 Å². The molecule has 0 unspecified atom stereocenters. The summed E-state index contributed by atoms with van der Waals surface area (Å²) in [5, 5.41) is 8.57. The first-order valence-corrected chi connectivity index (χ1v) is 12.6. The molecule has 1 fully saturated rings. The predicted molar refractivity (Wildman–Crippen MR) is 140 cm³/mol. The third kappa shape index (κ3) is 5.01. The lowest BCUT2D eigenvalue weighted by Crippen LogP contribution is -2.28. The predicted octanol–water partition coefficient (Wildman–Crippen LogP) is 6.46. The van der Waals surface area contributed by atoms with Crippen molar-refractivity contribution in [1.82, 2.24) is 24.8 Å². The third-order valence-corrected chi connectivity index (χ3v) is 7.29. The van der Waals surface area contributed by atoms with Gasteiger partial charge in [-0.25, -0.2) is 9.97 Å². The topological polar surface area (TPSA) is 67.7 Å². The number of hydrogen-bond donors (Lipinski definition) is 2. The molecule has 3 heterocycles. The number of fused-ring (bicyclic) bond motifs is 1. The van der Waals surface area contributed by atoms with E-state index in [4.69, 9.17) is 44.8 Å². The molecule has 0 aliphatic carbocycles. The number of piperidine rings is 1. The highest BCUT2D eigenvalue weighted by molar-refractivity contribution is 6.39. The Morgan fingerprint density at radius 2 is 1.68 bits per heavy atom. The minimum absolute atomic E-state index is 0.521. The van der Waals surface area contributed by atoms with E-state index >= 15 is 0 Å². The van der Waals surface area contributed by atoms with Gasteiger partial charge < -0.3 is 15.2 Å². The Balaban J connectivity index is 1.50. The van der Waals surface area contributed by atoms with Crippen LogP contribution in [0, 0.1) is 5.92 Å². The molecule has 1 aliphatic heterocycles. The normalized spacial score (nSPS) is 14.6. The van der Waals surface area contributed by atoms with Gasteiger partial charge in [0.15, 0.2) is 5.65 Å². The number of anilines is 1. The lowest BCUT2D eigenvalue weighted by Gasteiger charge is -2.23. The molecule has 0 bridgehead atoms. The van der Waals surface area contributed by atoms with Crippen molar-refractivity contribution in [3.63, 3.8) is 0 Å². The number of aryl methyl sites for hydroxylation is 1. The van der Waals surface area contributed by atoms with E-state index in [1.54, 1.807) is 6.20 Å². The molecule has 2 N–H and O–H groups in total. The van der Waals surface area contributed by atoms with Gasteiger partial charge >= 0.3 is 0 Å². The number of benzene rings is 2. The molecule has 5 rings (SSSR count). The van der Waals surface area contributed by atoms with E-state index in [1.165, 1.54) is 12.8 Å². The van der Waals surface area contributed by atoms with Crippen molar-refractivity contribution in [3.05, 3.63) is 69.3 Å². The van der Waals surface area contributed by atoms with E-state index in [-0.39, 0.29) is 0 Å². The number of nitrogens with zero attached hydrogens (tertiary/aromatic N) is 4. The molecule has 4 aromatic rings. The van der Waals surface area contributed by atoms with Crippen LogP contribution in [0.15, 0.2) is 48.7 Å². The Labute approximate surface area is 213 Å². The number of aromatic nitrogens is 4. The van der Waals surface area contributed by atoms with Crippen LogP contribution in [-0.2, 0) is 13.1 Å². The van der Waals surface area contributed by atoms with E-state index in [9.17, 15) is 0 Å². The molecule has 1 aliphatic rings. The van der Waals surface area contributed by atoms with Crippen LogP contribution in [0.4, 0.5) is 5.95 Å². The van der Waals surface area contributed by atoms with Crippen LogP contribution in [-0.4, -0.2) is 32.6 Å². The van der Waals surface area contributed by atoms with Crippen molar-refractivity contribution < 1.29 is 0 Å². The molecule has 0 amide bonds. The Morgan fingerprint density at radius 1 is 0.941 bits per heavy atom. The highest BCUT2D eigenvalue weighted by atomic mass is 35.5. The summed E-state index contributed by atoms with van der Waals surface area (Å²) in [5.74, 6) is 1.90. The molecule has 2 aromatic heterocycles. The highest BCUT2D eigenvalue weighted by Gasteiger charge is 2.21. The van der Waals surface area contributed by atoms with Crippen molar-refractivity contribution in [3.8, 4) is 11.4 Å². The molecular formula is C25H25Cl3N6. The molecule has 1 saturated heterocycles. The molecule has 9 heteroatoms. The van der Waals surface area contributed by atoms with Crippen LogP contribution in [0.2, 0.25) is 15.1 Å². The van der Waals surface area contributed by atoms with Crippen LogP contribution < -0.4 is 10.6 Å². The fraction of sp³-hybridized carbons (Fsp3) is 0.320. The zero-order valence-electron chi connectivity index (χ0n) is 18.6. The van der Waals surface area contributed by atoms with Crippen molar-refractivity contribution >= 4 is 51.9 Å². The Morgan fingerprint density at radius 3 is 2.44 bits per heavy atom. The lowest BCUT2D eigenvalue weighted by molar-refractivity contribution is 0.339. The maximum absolute atomic E-state index is 6.57. The van der Waals surface area contributed by atoms with Gasteiger partial charge in [-0.1, -0.05) is 59.1 Å². The second kappa shape index (κ2) is 10.5. The van der Waals surface area contributed by atoms with Crippen molar-refractivity contribution in [2.75, 3.05) is 18.4 Å². The third-order valence-electron chi connectivity index (χ3n) is 6.29. The fourth-order valence-corrected chi connectivity index (χ4v) is 5.19. The molecule has 0 atom stereocenters. The monoisotopic (exact) mass is 514 g/mol. The molecule has 34 heavy (non-hydrogen) atoms. The fourth-order valence-electron chi connectivity index (χ4n) is 4.42. The Hall–Kier alpha value is -2.38. The van der Waals surface area contributed by atoms with Gasteiger partial charge in [-0.2, -0.15) is 4.98 Å². The van der Waals surface area contributed by atoms with Gasteiger partial charge in [-0.15, -0.1) is 0 Å². The summed E-state index contributed by atoms with van der Waals surface area (Å²) in [5.41, 5.74) is 3.17. The number of nitrogens with one attached hydrogen (secondary N) is 2. The average Bonchev–Trinajstić information content (AvgIpc) is 3.20. The van der Waals surface area contributed by atoms with Crippen molar-refractivity contribution in [2.24, 2.45) is 5.92 Å². The molecule has 2 aromatic carbocycles. The zero-order chi connectivity index (χ0) is 23.5. The summed E-state index contributed by atoms with van der Waals surface area (Å²) < 4.78 is 2.13.